The van der Waals surface area contributed by atoms with E-state index in [4.69, 9.17) is 11.5 Å². The van der Waals surface area contributed by atoms with Crippen LogP contribution in [0.25, 0.3) is 0 Å². The molecular weight excluding hydrogens is 434 g/mol. The standard InChI is InChI=1S/C15H19N9O2S3/c1-24(11-3-2-4-18-7-11)13-12(22-29(25,26)23-13)19-5-6-27-8-10-9-28-15(20-10)21-14(16)17/h2-4,7,9H,5-6,8H2,1H3,(H,19,22)(H4,16,17,20,21). The summed E-state index contributed by atoms with van der Waals surface area (Å²) < 4.78 is 29.9. The van der Waals surface area contributed by atoms with E-state index in [-0.39, 0.29) is 17.6 Å². The Bertz CT molecular complexity index is 1040. The zero-order chi connectivity index (χ0) is 20.9. The van der Waals surface area contributed by atoms with E-state index < -0.39 is 10.2 Å². The first-order valence-electron chi connectivity index (χ1n) is 8.27. The Labute approximate surface area is 176 Å². The molecule has 0 amide bonds. The lowest BCUT2D eigenvalue weighted by Crippen LogP contribution is -2.37. The van der Waals surface area contributed by atoms with Crippen LogP contribution in [0.5, 0.6) is 0 Å². The average Bonchev–Trinajstić information content (AvgIpc) is 3.24. The number of thiazole rings is 1. The third kappa shape index (κ3) is 5.88. The second kappa shape index (κ2) is 9.19. The molecule has 1 aliphatic heterocycles. The molecule has 0 fully saturated rings. The number of hydrogen-bond acceptors (Lipinski definition) is 9. The summed E-state index contributed by atoms with van der Waals surface area (Å²) in [5.74, 6) is 1.75. The van der Waals surface area contributed by atoms with Crippen molar-refractivity contribution in [1.29, 1.82) is 0 Å². The minimum absolute atomic E-state index is 0.0258. The van der Waals surface area contributed by atoms with Crippen LogP contribution in [0.1, 0.15) is 5.69 Å². The topological polar surface area (TPSA) is 164 Å². The zero-order valence-electron chi connectivity index (χ0n) is 15.4. The van der Waals surface area contributed by atoms with Crippen LogP contribution in [0.15, 0.2) is 44.3 Å². The highest BCUT2D eigenvalue weighted by Crippen LogP contribution is 2.21. The molecule has 29 heavy (non-hydrogen) atoms. The summed E-state index contributed by atoms with van der Waals surface area (Å²) >= 11 is 2.97. The van der Waals surface area contributed by atoms with Gasteiger partial charge in [-0.05, 0) is 12.1 Å². The number of likely N-dealkylation sites (N-methyl/N-ethyl adjacent to an activating group) is 1. The van der Waals surface area contributed by atoms with Gasteiger partial charge in [-0.25, -0.2) is 9.71 Å². The third-order valence-corrected chi connectivity index (χ3v) is 6.13. The lowest BCUT2D eigenvalue weighted by atomic mass is 10.3. The number of thioether (sulfide) groups is 1. The minimum Gasteiger partial charge on any atom is -0.370 e. The summed E-state index contributed by atoms with van der Waals surface area (Å²) in [6, 6.07) is 3.56. The van der Waals surface area contributed by atoms with Crippen LogP contribution in [-0.4, -0.2) is 55.4 Å². The Morgan fingerprint density at radius 1 is 1.41 bits per heavy atom. The fraction of sp³-hybridized carbons (Fsp3) is 0.267. The van der Waals surface area contributed by atoms with Crippen LogP contribution in [0, 0.1) is 0 Å². The molecule has 0 saturated carbocycles. The number of aliphatic imine (C=N–C) groups is 2. The summed E-state index contributed by atoms with van der Waals surface area (Å²) in [6.45, 7) is 0.410. The lowest BCUT2D eigenvalue weighted by molar-refractivity contribution is 0.596. The average molecular weight is 454 g/mol. The van der Waals surface area contributed by atoms with E-state index in [0.29, 0.717) is 28.9 Å². The third-order valence-electron chi connectivity index (χ3n) is 3.51. The molecule has 0 bridgehead atoms. The highest BCUT2D eigenvalue weighted by atomic mass is 32.2. The Balaban J connectivity index is 1.57. The SMILES string of the molecule is CN(C1=NS(=O)(=O)NC1=NCCSCc1csc(N=C(N)N)n1)c1cccnc1. The van der Waals surface area contributed by atoms with Gasteiger partial charge in [0, 0.05) is 30.1 Å². The van der Waals surface area contributed by atoms with E-state index in [0.717, 1.165) is 5.69 Å². The van der Waals surface area contributed by atoms with E-state index in [1.54, 1.807) is 48.2 Å². The maximum Gasteiger partial charge on any atom is 0.345 e. The second-order valence-electron chi connectivity index (χ2n) is 5.70. The summed E-state index contributed by atoms with van der Waals surface area (Å²) in [7, 11) is -2.09. The maximum atomic E-state index is 11.9. The van der Waals surface area contributed by atoms with Gasteiger partial charge < -0.3 is 16.4 Å². The molecule has 3 rings (SSSR count). The molecule has 11 nitrogen and oxygen atoms in total. The zero-order valence-corrected chi connectivity index (χ0v) is 17.8. The number of nitrogens with one attached hydrogen (secondary N) is 1. The molecule has 3 heterocycles. The van der Waals surface area contributed by atoms with Crippen molar-refractivity contribution in [2.75, 3.05) is 24.2 Å². The fourth-order valence-corrected chi connectivity index (χ4v) is 4.68. The molecule has 0 unspecified atom stereocenters. The molecule has 0 spiro atoms. The van der Waals surface area contributed by atoms with Gasteiger partial charge in [-0.1, -0.05) is 0 Å². The molecule has 14 heteroatoms. The van der Waals surface area contributed by atoms with Crippen LogP contribution < -0.4 is 21.1 Å². The first kappa shape index (κ1) is 21.0. The van der Waals surface area contributed by atoms with Gasteiger partial charge >= 0.3 is 10.2 Å². The fourth-order valence-electron chi connectivity index (χ4n) is 2.27. The van der Waals surface area contributed by atoms with E-state index in [9.17, 15) is 8.42 Å². The first-order chi connectivity index (χ1) is 13.8. The highest BCUT2D eigenvalue weighted by molar-refractivity contribution is 7.98. The van der Waals surface area contributed by atoms with Crippen LogP contribution in [0.2, 0.25) is 0 Å². The summed E-state index contributed by atoms with van der Waals surface area (Å²) in [5, 5.41) is 2.40. The van der Waals surface area contributed by atoms with E-state index in [1.807, 2.05) is 5.38 Å². The second-order valence-corrected chi connectivity index (χ2v) is 8.98. The van der Waals surface area contributed by atoms with Gasteiger partial charge in [-0.2, -0.15) is 25.2 Å². The van der Waals surface area contributed by atoms with Gasteiger partial charge in [0.05, 0.1) is 24.1 Å². The summed E-state index contributed by atoms with van der Waals surface area (Å²) in [6.07, 6.45) is 3.25. The number of hydrogen-bond donors (Lipinski definition) is 3. The van der Waals surface area contributed by atoms with Gasteiger partial charge in [0.15, 0.2) is 17.6 Å². The van der Waals surface area contributed by atoms with Crippen molar-refractivity contribution in [1.82, 2.24) is 14.7 Å². The summed E-state index contributed by atoms with van der Waals surface area (Å²) in [4.78, 5) is 18.2. The predicted molar refractivity (Wildman–Crippen MR) is 118 cm³/mol. The number of rotatable bonds is 7. The van der Waals surface area contributed by atoms with Gasteiger partial charge in [-0.15, -0.1) is 15.7 Å². The van der Waals surface area contributed by atoms with Crippen LogP contribution in [0.4, 0.5) is 10.8 Å². The summed E-state index contributed by atoms with van der Waals surface area (Å²) in [5.41, 5.74) is 12.2. The van der Waals surface area contributed by atoms with Crippen LogP contribution in [-0.2, 0) is 16.0 Å². The number of pyridine rings is 1. The molecule has 154 valence electrons. The molecule has 0 radical (unpaired) electrons. The first-order valence-corrected chi connectivity index (χ1v) is 11.7. The van der Waals surface area contributed by atoms with Crippen molar-refractivity contribution in [2.45, 2.75) is 5.75 Å². The number of guanidine groups is 1. The monoisotopic (exact) mass is 453 g/mol. The molecule has 1 aliphatic rings. The van der Waals surface area contributed by atoms with Crippen molar-refractivity contribution in [3.05, 3.63) is 35.6 Å². The van der Waals surface area contributed by atoms with Crippen LogP contribution in [0.3, 0.4) is 0 Å². The van der Waals surface area contributed by atoms with Gasteiger partial charge in [0.25, 0.3) is 0 Å². The number of amidine groups is 2. The maximum absolute atomic E-state index is 11.9. The van der Waals surface area contributed by atoms with Crippen molar-refractivity contribution < 1.29 is 8.42 Å². The quantitative estimate of drug-likeness (QED) is 0.309. The van der Waals surface area contributed by atoms with Crippen LogP contribution >= 0.6 is 23.1 Å². The van der Waals surface area contributed by atoms with Crippen molar-refractivity contribution in [3.63, 3.8) is 0 Å². The van der Waals surface area contributed by atoms with E-state index in [2.05, 4.69) is 29.1 Å². The Morgan fingerprint density at radius 2 is 2.24 bits per heavy atom. The Kier molecular flexibility index (Phi) is 6.66. The molecule has 0 aromatic carbocycles. The van der Waals surface area contributed by atoms with E-state index >= 15 is 0 Å². The van der Waals surface area contributed by atoms with Crippen molar-refractivity contribution >= 4 is 61.8 Å². The lowest BCUT2D eigenvalue weighted by Gasteiger charge is -2.17. The van der Waals surface area contributed by atoms with Gasteiger partial charge in [0.1, 0.15) is 0 Å². The highest BCUT2D eigenvalue weighted by Gasteiger charge is 2.29. The van der Waals surface area contributed by atoms with Crippen molar-refractivity contribution in [2.24, 2.45) is 25.8 Å². The number of anilines is 1. The molecule has 5 N–H and O–H groups in total. The Hall–Kier alpha value is -2.71. The normalized spacial score (nSPS) is 16.3. The molecule has 2 aromatic heterocycles. The van der Waals surface area contributed by atoms with Gasteiger partial charge in [-0.3, -0.25) is 9.98 Å². The van der Waals surface area contributed by atoms with Gasteiger partial charge in [0.2, 0.25) is 5.13 Å². The molecular formula is C15H19N9O2S3. The minimum atomic E-state index is -3.79. The molecule has 0 aliphatic carbocycles. The largest absolute Gasteiger partial charge is 0.370 e. The molecule has 2 aromatic rings. The number of nitrogens with two attached hydrogens (primary N) is 2. The molecule has 0 atom stereocenters. The smallest absolute Gasteiger partial charge is 0.345 e. The molecule has 0 saturated heterocycles. The van der Waals surface area contributed by atoms with E-state index in [1.165, 1.54) is 11.3 Å². The number of aromatic nitrogens is 2. The predicted octanol–water partition coefficient (Wildman–Crippen LogP) is 0.458. The number of nitrogens with zero attached hydrogens (tertiary/aromatic N) is 6. The Morgan fingerprint density at radius 3 is 2.97 bits per heavy atom. The van der Waals surface area contributed by atoms with Crippen molar-refractivity contribution in [3.8, 4) is 0 Å².